The van der Waals surface area contributed by atoms with E-state index in [0.29, 0.717) is 35.6 Å². The highest BCUT2D eigenvalue weighted by molar-refractivity contribution is 5.66. The molecule has 2 aliphatic rings. The number of nitrogens with one attached hydrogen (secondary N) is 2. The van der Waals surface area contributed by atoms with Gasteiger partial charge in [0, 0.05) is 30.8 Å². The quantitative estimate of drug-likeness (QED) is 0.608. The number of hydrogen-bond donors (Lipinski definition) is 2. The second kappa shape index (κ2) is 9.72. The Morgan fingerprint density at radius 1 is 1.03 bits per heavy atom. The number of aromatic nitrogens is 2. The molecule has 1 aromatic carbocycles. The van der Waals surface area contributed by atoms with Gasteiger partial charge in [0.2, 0.25) is 5.95 Å². The van der Waals surface area contributed by atoms with Crippen molar-refractivity contribution in [3.63, 3.8) is 0 Å². The van der Waals surface area contributed by atoms with Crippen molar-refractivity contribution >= 4 is 11.8 Å². The fraction of sp³-hybridized carbons (Fsp3) is 0.545. The Bertz CT molecular complexity index is 866. The molecule has 1 saturated heterocycles. The van der Waals surface area contributed by atoms with Crippen LogP contribution in [-0.4, -0.2) is 41.6 Å². The van der Waals surface area contributed by atoms with E-state index >= 15 is 0 Å². The zero-order valence-corrected chi connectivity index (χ0v) is 17.3. The van der Waals surface area contributed by atoms with Gasteiger partial charge in [-0.3, -0.25) is 0 Å². The molecule has 1 aliphatic heterocycles. The smallest absolute Gasteiger partial charge is 0.406 e. The van der Waals surface area contributed by atoms with Crippen molar-refractivity contribution in [1.82, 2.24) is 9.97 Å². The summed E-state index contributed by atoms with van der Waals surface area (Å²) in [6.45, 7) is 1.39. The van der Waals surface area contributed by atoms with E-state index in [2.05, 4.69) is 25.3 Å². The van der Waals surface area contributed by atoms with Crippen molar-refractivity contribution in [1.29, 1.82) is 0 Å². The SMILES string of the molecule is FC(F)(F)Oc1cccc(-c2cc(NC[C@@H]3CCCO3)nc(NC3CCCCC3)n2)c1. The van der Waals surface area contributed by atoms with E-state index in [-0.39, 0.29) is 11.9 Å². The first-order chi connectivity index (χ1) is 14.9. The summed E-state index contributed by atoms with van der Waals surface area (Å²) in [5.41, 5.74) is 1.05. The van der Waals surface area contributed by atoms with E-state index in [9.17, 15) is 13.2 Å². The van der Waals surface area contributed by atoms with Crippen molar-refractivity contribution in [2.75, 3.05) is 23.8 Å². The fourth-order valence-electron chi connectivity index (χ4n) is 4.06. The monoisotopic (exact) mass is 436 g/mol. The molecule has 1 saturated carbocycles. The number of rotatable bonds is 7. The van der Waals surface area contributed by atoms with Crippen LogP contribution < -0.4 is 15.4 Å². The fourth-order valence-corrected chi connectivity index (χ4v) is 4.06. The Morgan fingerprint density at radius 2 is 1.87 bits per heavy atom. The summed E-state index contributed by atoms with van der Waals surface area (Å²) in [6.07, 6.45) is 3.11. The molecular formula is C22H27F3N4O2. The van der Waals surface area contributed by atoms with E-state index in [4.69, 9.17) is 4.74 Å². The van der Waals surface area contributed by atoms with Crippen LogP contribution in [0.25, 0.3) is 11.3 Å². The van der Waals surface area contributed by atoms with E-state index in [0.717, 1.165) is 45.1 Å². The molecule has 0 bridgehead atoms. The van der Waals surface area contributed by atoms with Crippen molar-refractivity contribution in [3.8, 4) is 17.0 Å². The highest BCUT2D eigenvalue weighted by Crippen LogP contribution is 2.29. The molecular weight excluding hydrogens is 409 g/mol. The average molecular weight is 436 g/mol. The third-order valence-electron chi connectivity index (χ3n) is 5.56. The maximum atomic E-state index is 12.6. The van der Waals surface area contributed by atoms with Gasteiger partial charge < -0.3 is 20.1 Å². The lowest BCUT2D eigenvalue weighted by molar-refractivity contribution is -0.274. The van der Waals surface area contributed by atoms with Gasteiger partial charge in [0.25, 0.3) is 0 Å². The molecule has 1 atom stereocenters. The minimum Gasteiger partial charge on any atom is -0.406 e. The highest BCUT2D eigenvalue weighted by atomic mass is 19.4. The Balaban J connectivity index is 1.57. The van der Waals surface area contributed by atoms with Crippen LogP contribution in [0.15, 0.2) is 30.3 Å². The summed E-state index contributed by atoms with van der Waals surface area (Å²) >= 11 is 0. The molecule has 1 aromatic heterocycles. The maximum Gasteiger partial charge on any atom is 0.573 e. The van der Waals surface area contributed by atoms with E-state index in [1.807, 2.05) is 0 Å². The number of nitrogens with zero attached hydrogens (tertiary/aromatic N) is 2. The van der Waals surface area contributed by atoms with Gasteiger partial charge in [0.1, 0.15) is 11.6 Å². The van der Waals surface area contributed by atoms with E-state index in [1.54, 1.807) is 12.1 Å². The van der Waals surface area contributed by atoms with E-state index in [1.165, 1.54) is 24.6 Å². The predicted molar refractivity (Wildman–Crippen MR) is 112 cm³/mol. The van der Waals surface area contributed by atoms with Gasteiger partial charge in [-0.05, 0) is 37.8 Å². The minimum absolute atomic E-state index is 0.136. The molecule has 31 heavy (non-hydrogen) atoms. The standard InChI is InChI=1S/C22H27F3N4O2/c23-22(24,25)31-17-9-4-6-15(12-17)19-13-20(26-14-18-10-5-11-30-18)29-21(28-19)27-16-7-2-1-3-8-16/h4,6,9,12-13,16,18H,1-3,5,7-8,10-11,14H2,(H2,26,27,28,29)/t18-/m0/s1. The molecule has 0 amide bonds. The zero-order valence-electron chi connectivity index (χ0n) is 17.3. The predicted octanol–water partition coefficient (Wildman–Crippen LogP) is 5.38. The van der Waals surface area contributed by atoms with Crippen LogP contribution in [0.1, 0.15) is 44.9 Å². The molecule has 2 aromatic rings. The van der Waals surface area contributed by atoms with Crippen LogP contribution in [0.2, 0.25) is 0 Å². The summed E-state index contributed by atoms with van der Waals surface area (Å²) in [5.74, 6) is 0.807. The molecule has 6 nitrogen and oxygen atoms in total. The van der Waals surface area contributed by atoms with E-state index < -0.39 is 6.36 Å². The van der Waals surface area contributed by atoms with Crippen LogP contribution in [0.3, 0.4) is 0 Å². The number of halogens is 3. The zero-order chi connectivity index (χ0) is 21.7. The first-order valence-electron chi connectivity index (χ1n) is 10.8. The average Bonchev–Trinajstić information content (AvgIpc) is 3.26. The second-order valence-corrected chi connectivity index (χ2v) is 8.03. The summed E-state index contributed by atoms with van der Waals surface area (Å²) in [4.78, 5) is 9.18. The minimum atomic E-state index is -4.74. The first-order valence-corrected chi connectivity index (χ1v) is 10.8. The molecule has 2 N–H and O–H groups in total. The van der Waals surface area contributed by atoms with Gasteiger partial charge in [-0.1, -0.05) is 31.4 Å². The van der Waals surface area contributed by atoms with Crippen molar-refractivity contribution < 1.29 is 22.6 Å². The lowest BCUT2D eigenvalue weighted by atomic mass is 9.96. The molecule has 1 aliphatic carbocycles. The summed E-state index contributed by atoms with van der Waals surface area (Å²) in [5, 5.41) is 6.71. The Morgan fingerprint density at radius 3 is 2.61 bits per heavy atom. The van der Waals surface area contributed by atoms with Crippen LogP contribution in [0, 0.1) is 0 Å². The molecule has 0 radical (unpaired) electrons. The Kier molecular flexibility index (Phi) is 6.80. The van der Waals surface area contributed by atoms with Crippen LogP contribution in [-0.2, 0) is 4.74 Å². The van der Waals surface area contributed by atoms with Gasteiger partial charge in [0.05, 0.1) is 11.8 Å². The number of anilines is 2. The third-order valence-corrected chi connectivity index (χ3v) is 5.56. The largest absolute Gasteiger partial charge is 0.573 e. The van der Waals surface area contributed by atoms with Crippen molar-refractivity contribution in [2.45, 2.75) is 63.5 Å². The Hall–Kier alpha value is -2.55. The lowest BCUT2D eigenvalue weighted by Gasteiger charge is -2.23. The van der Waals surface area contributed by atoms with Crippen LogP contribution in [0.5, 0.6) is 5.75 Å². The van der Waals surface area contributed by atoms with Gasteiger partial charge in [0.15, 0.2) is 0 Å². The third kappa shape index (κ3) is 6.46. The summed E-state index contributed by atoms with van der Waals surface area (Å²) in [7, 11) is 0. The highest BCUT2D eigenvalue weighted by Gasteiger charge is 2.31. The molecule has 0 unspecified atom stereocenters. The van der Waals surface area contributed by atoms with Gasteiger partial charge in [-0.15, -0.1) is 13.2 Å². The summed E-state index contributed by atoms with van der Waals surface area (Å²) < 4.78 is 47.6. The topological polar surface area (TPSA) is 68.3 Å². The lowest BCUT2D eigenvalue weighted by Crippen LogP contribution is -2.24. The molecule has 0 spiro atoms. The first kappa shape index (κ1) is 21.7. The van der Waals surface area contributed by atoms with Gasteiger partial charge in [-0.2, -0.15) is 4.98 Å². The van der Waals surface area contributed by atoms with Crippen LogP contribution >= 0.6 is 0 Å². The number of hydrogen-bond acceptors (Lipinski definition) is 6. The van der Waals surface area contributed by atoms with Gasteiger partial charge >= 0.3 is 6.36 Å². The van der Waals surface area contributed by atoms with Crippen molar-refractivity contribution in [2.24, 2.45) is 0 Å². The van der Waals surface area contributed by atoms with Crippen LogP contribution in [0.4, 0.5) is 24.9 Å². The molecule has 2 heterocycles. The second-order valence-electron chi connectivity index (χ2n) is 8.03. The normalized spacial score (nSPS) is 19.9. The molecule has 168 valence electrons. The Labute approximate surface area is 179 Å². The summed E-state index contributed by atoms with van der Waals surface area (Å²) in [6, 6.07) is 7.88. The maximum absolute atomic E-state index is 12.6. The number of benzene rings is 1. The molecule has 4 rings (SSSR count). The van der Waals surface area contributed by atoms with Gasteiger partial charge in [-0.25, -0.2) is 4.98 Å². The number of ether oxygens (including phenoxy) is 2. The molecule has 9 heteroatoms. The van der Waals surface area contributed by atoms with Crippen molar-refractivity contribution in [3.05, 3.63) is 30.3 Å². The number of alkyl halides is 3. The molecule has 2 fully saturated rings.